The maximum absolute atomic E-state index is 9.34. The van der Waals surface area contributed by atoms with Crippen LogP contribution in [0.5, 0.6) is 5.75 Å². The summed E-state index contributed by atoms with van der Waals surface area (Å²) in [5.41, 5.74) is 2.48. The van der Waals surface area contributed by atoms with Gasteiger partial charge in [0.25, 0.3) is 0 Å². The molecule has 4 heteroatoms. The average Bonchev–Trinajstić information content (AvgIpc) is 2.51. The maximum atomic E-state index is 9.34. The smallest absolute Gasteiger partial charge is 0.115 e. The fourth-order valence-electron chi connectivity index (χ4n) is 2.68. The summed E-state index contributed by atoms with van der Waals surface area (Å²) in [6.07, 6.45) is 0. The summed E-state index contributed by atoms with van der Waals surface area (Å²) in [5.74, 6) is 0.320. The Morgan fingerprint density at radius 1 is 0.857 bits per heavy atom. The number of nitrogens with zero attached hydrogens (tertiary/aromatic N) is 2. The highest BCUT2D eigenvalue weighted by atomic mass is 35.5. The van der Waals surface area contributed by atoms with Crippen LogP contribution in [0.15, 0.2) is 48.5 Å². The van der Waals surface area contributed by atoms with Crippen molar-refractivity contribution in [3.8, 4) is 5.75 Å². The van der Waals surface area contributed by atoms with Crippen LogP contribution >= 0.6 is 11.6 Å². The number of hydrogen-bond donors (Lipinski definition) is 1. The standard InChI is InChI=1S/C17H19ClN2O/c18-15-3-1-14(2-4-15)13-19-9-11-20(12-10-19)16-5-7-17(21)8-6-16/h1-8,21H,9-13H2. The van der Waals surface area contributed by atoms with Crippen molar-refractivity contribution in [1.82, 2.24) is 4.90 Å². The zero-order chi connectivity index (χ0) is 14.7. The van der Waals surface area contributed by atoms with Crippen LogP contribution in [0.1, 0.15) is 5.56 Å². The summed E-state index contributed by atoms with van der Waals surface area (Å²) >= 11 is 5.91. The molecule has 2 aromatic carbocycles. The molecule has 0 aliphatic carbocycles. The first-order valence-corrected chi connectivity index (χ1v) is 7.59. The SMILES string of the molecule is Oc1ccc(N2CCN(Cc3ccc(Cl)cc3)CC2)cc1. The predicted molar refractivity (Wildman–Crippen MR) is 87.0 cm³/mol. The van der Waals surface area contributed by atoms with Crippen molar-refractivity contribution in [2.75, 3.05) is 31.1 Å². The quantitative estimate of drug-likeness (QED) is 0.942. The van der Waals surface area contributed by atoms with Crippen molar-refractivity contribution < 1.29 is 5.11 Å². The predicted octanol–water partition coefficient (Wildman–Crippen LogP) is 3.37. The molecule has 0 spiro atoms. The molecule has 0 amide bonds. The lowest BCUT2D eigenvalue weighted by atomic mass is 10.2. The Bertz CT molecular complexity index is 575. The van der Waals surface area contributed by atoms with Crippen LogP contribution in [0.2, 0.25) is 5.02 Å². The summed E-state index contributed by atoms with van der Waals surface area (Å²) in [6, 6.07) is 15.5. The normalized spacial score (nSPS) is 16.1. The van der Waals surface area contributed by atoms with E-state index < -0.39 is 0 Å². The summed E-state index contributed by atoms with van der Waals surface area (Å²) < 4.78 is 0. The Balaban J connectivity index is 1.55. The molecule has 2 aromatic rings. The number of aromatic hydroxyl groups is 1. The van der Waals surface area contributed by atoms with Crippen LogP contribution < -0.4 is 4.90 Å². The van der Waals surface area contributed by atoms with Gasteiger partial charge in [0.05, 0.1) is 0 Å². The minimum Gasteiger partial charge on any atom is -0.508 e. The maximum Gasteiger partial charge on any atom is 0.115 e. The van der Waals surface area contributed by atoms with Gasteiger partial charge in [-0.1, -0.05) is 23.7 Å². The van der Waals surface area contributed by atoms with E-state index in [1.807, 2.05) is 24.3 Å². The van der Waals surface area contributed by atoms with E-state index in [4.69, 9.17) is 11.6 Å². The van der Waals surface area contributed by atoms with Crippen LogP contribution in [0.25, 0.3) is 0 Å². The van der Waals surface area contributed by atoms with Gasteiger partial charge in [0.2, 0.25) is 0 Å². The molecule has 1 aliphatic heterocycles. The molecule has 21 heavy (non-hydrogen) atoms. The molecule has 0 aromatic heterocycles. The molecular weight excluding hydrogens is 284 g/mol. The van der Waals surface area contributed by atoms with E-state index in [2.05, 4.69) is 21.9 Å². The lowest BCUT2D eigenvalue weighted by Gasteiger charge is -2.36. The molecule has 1 aliphatic rings. The van der Waals surface area contributed by atoms with Crippen molar-refractivity contribution in [1.29, 1.82) is 0 Å². The van der Waals surface area contributed by atoms with Crippen LogP contribution in [0, 0.1) is 0 Å². The highest BCUT2D eigenvalue weighted by Crippen LogP contribution is 2.20. The summed E-state index contributed by atoms with van der Waals surface area (Å²) in [6.45, 7) is 5.09. The first kappa shape index (κ1) is 14.2. The van der Waals surface area contributed by atoms with Gasteiger partial charge >= 0.3 is 0 Å². The minimum atomic E-state index is 0.320. The van der Waals surface area contributed by atoms with Gasteiger partial charge in [0.1, 0.15) is 5.75 Å². The first-order chi connectivity index (χ1) is 10.2. The van der Waals surface area contributed by atoms with E-state index in [9.17, 15) is 5.11 Å². The van der Waals surface area contributed by atoms with E-state index in [1.54, 1.807) is 12.1 Å². The Hall–Kier alpha value is -1.71. The van der Waals surface area contributed by atoms with Crippen LogP contribution in [-0.4, -0.2) is 36.2 Å². The Kier molecular flexibility index (Phi) is 4.32. The third-order valence-corrected chi connectivity index (χ3v) is 4.16. The lowest BCUT2D eigenvalue weighted by Crippen LogP contribution is -2.45. The molecule has 0 saturated carbocycles. The molecule has 1 saturated heterocycles. The molecule has 0 bridgehead atoms. The van der Waals surface area contributed by atoms with E-state index in [0.717, 1.165) is 37.7 Å². The van der Waals surface area contributed by atoms with Gasteiger partial charge in [0, 0.05) is 43.4 Å². The number of hydrogen-bond acceptors (Lipinski definition) is 3. The molecule has 0 unspecified atom stereocenters. The second-order valence-corrected chi connectivity index (χ2v) is 5.84. The average molecular weight is 303 g/mol. The molecule has 110 valence electrons. The topological polar surface area (TPSA) is 26.7 Å². The van der Waals surface area contributed by atoms with Crippen LogP contribution in [0.4, 0.5) is 5.69 Å². The lowest BCUT2D eigenvalue weighted by molar-refractivity contribution is 0.250. The third kappa shape index (κ3) is 3.69. The molecule has 1 fully saturated rings. The molecule has 1 N–H and O–H groups in total. The first-order valence-electron chi connectivity index (χ1n) is 7.21. The van der Waals surface area contributed by atoms with Crippen LogP contribution in [-0.2, 0) is 6.54 Å². The Morgan fingerprint density at radius 3 is 2.10 bits per heavy atom. The Morgan fingerprint density at radius 2 is 1.48 bits per heavy atom. The molecular formula is C17H19ClN2O. The highest BCUT2D eigenvalue weighted by molar-refractivity contribution is 6.30. The number of piperazine rings is 1. The zero-order valence-corrected chi connectivity index (χ0v) is 12.6. The summed E-state index contributed by atoms with van der Waals surface area (Å²) in [5, 5.41) is 10.1. The minimum absolute atomic E-state index is 0.320. The van der Waals surface area contributed by atoms with Crippen LogP contribution in [0.3, 0.4) is 0 Å². The summed E-state index contributed by atoms with van der Waals surface area (Å²) in [4.78, 5) is 4.82. The van der Waals surface area contributed by atoms with Gasteiger partial charge in [0.15, 0.2) is 0 Å². The molecule has 0 radical (unpaired) electrons. The monoisotopic (exact) mass is 302 g/mol. The van der Waals surface area contributed by atoms with Gasteiger partial charge < -0.3 is 10.0 Å². The highest BCUT2D eigenvalue weighted by Gasteiger charge is 2.17. The molecule has 3 nitrogen and oxygen atoms in total. The largest absolute Gasteiger partial charge is 0.508 e. The van der Waals surface area contributed by atoms with Gasteiger partial charge in [-0.05, 0) is 42.0 Å². The fraction of sp³-hybridized carbons (Fsp3) is 0.294. The summed E-state index contributed by atoms with van der Waals surface area (Å²) in [7, 11) is 0. The molecule has 0 atom stereocenters. The van der Waals surface area contributed by atoms with Crippen molar-refractivity contribution in [2.45, 2.75) is 6.54 Å². The number of benzene rings is 2. The second kappa shape index (κ2) is 6.37. The van der Waals surface area contributed by atoms with E-state index in [1.165, 1.54) is 11.3 Å². The van der Waals surface area contributed by atoms with Crippen molar-refractivity contribution in [3.05, 3.63) is 59.1 Å². The van der Waals surface area contributed by atoms with Crippen molar-refractivity contribution >= 4 is 17.3 Å². The van der Waals surface area contributed by atoms with Crippen molar-refractivity contribution in [3.63, 3.8) is 0 Å². The number of rotatable bonds is 3. The van der Waals surface area contributed by atoms with Gasteiger partial charge in [-0.15, -0.1) is 0 Å². The van der Waals surface area contributed by atoms with Crippen molar-refractivity contribution in [2.24, 2.45) is 0 Å². The fourth-order valence-corrected chi connectivity index (χ4v) is 2.80. The van der Waals surface area contributed by atoms with E-state index in [0.29, 0.717) is 5.75 Å². The second-order valence-electron chi connectivity index (χ2n) is 5.41. The number of halogens is 1. The Labute approximate surface area is 130 Å². The van der Waals surface area contributed by atoms with E-state index >= 15 is 0 Å². The van der Waals surface area contributed by atoms with Gasteiger partial charge in [-0.25, -0.2) is 0 Å². The van der Waals surface area contributed by atoms with E-state index in [-0.39, 0.29) is 0 Å². The van der Waals surface area contributed by atoms with Gasteiger partial charge in [-0.3, -0.25) is 4.90 Å². The third-order valence-electron chi connectivity index (χ3n) is 3.91. The number of phenolic OH excluding ortho intramolecular Hbond substituents is 1. The van der Waals surface area contributed by atoms with Gasteiger partial charge in [-0.2, -0.15) is 0 Å². The zero-order valence-electron chi connectivity index (χ0n) is 11.9. The molecule has 1 heterocycles. The number of phenols is 1. The molecule has 3 rings (SSSR count). The number of anilines is 1.